The number of nitrogens with zero attached hydrogens (tertiary/aromatic N) is 3. The molecule has 1 aliphatic heterocycles. The van der Waals surface area contributed by atoms with Crippen molar-refractivity contribution in [3.05, 3.63) is 42.2 Å². The van der Waals surface area contributed by atoms with E-state index in [2.05, 4.69) is 10.00 Å². The van der Waals surface area contributed by atoms with Crippen LogP contribution in [-0.2, 0) is 13.1 Å². The van der Waals surface area contributed by atoms with Crippen LogP contribution in [0.15, 0.2) is 36.7 Å². The third kappa shape index (κ3) is 3.85. The lowest BCUT2D eigenvalue weighted by atomic mass is 9.98. The minimum Gasteiger partial charge on any atom is -0.504 e. The summed E-state index contributed by atoms with van der Waals surface area (Å²) in [6, 6.07) is 8.23. The Bertz CT molecular complexity index is 613. The smallest absolute Gasteiger partial charge is 0.162 e. The molecule has 0 saturated carbocycles. The number of likely N-dealkylation sites (tertiary alicyclic amines) is 1. The van der Waals surface area contributed by atoms with Crippen molar-refractivity contribution in [3.63, 3.8) is 0 Å². The van der Waals surface area contributed by atoms with E-state index in [0.717, 1.165) is 31.6 Å². The molecule has 1 aromatic heterocycles. The van der Waals surface area contributed by atoms with Crippen LogP contribution in [0, 0.1) is 0 Å². The highest BCUT2D eigenvalue weighted by Crippen LogP contribution is 2.32. The Kier molecular flexibility index (Phi) is 5.18. The fourth-order valence-electron chi connectivity index (χ4n) is 3.39. The average molecular weight is 315 g/mol. The molecule has 1 aromatic carbocycles. The van der Waals surface area contributed by atoms with Crippen LogP contribution < -0.4 is 4.74 Å². The molecule has 0 bridgehead atoms. The van der Waals surface area contributed by atoms with E-state index >= 15 is 0 Å². The van der Waals surface area contributed by atoms with Gasteiger partial charge in [-0.2, -0.15) is 5.10 Å². The predicted molar refractivity (Wildman–Crippen MR) is 89.6 cm³/mol. The number of rotatable bonds is 6. The van der Waals surface area contributed by atoms with Crippen molar-refractivity contribution in [2.24, 2.45) is 0 Å². The van der Waals surface area contributed by atoms with E-state index in [1.165, 1.54) is 19.3 Å². The predicted octanol–water partition coefficient (Wildman–Crippen LogP) is 3.04. The topological polar surface area (TPSA) is 50.5 Å². The molecule has 5 nitrogen and oxygen atoms in total. The fraction of sp³-hybridized carbons (Fsp3) is 0.500. The molecule has 0 aliphatic carbocycles. The summed E-state index contributed by atoms with van der Waals surface area (Å²) in [5.74, 6) is 0.819. The van der Waals surface area contributed by atoms with Crippen molar-refractivity contribution in [1.29, 1.82) is 0 Å². The summed E-state index contributed by atoms with van der Waals surface area (Å²) in [5, 5.41) is 14.6. The summed E-state index contributed by atoms with van der Waals surface area (Å²) in [5.41, 5.74) is 0.940. The van der Waals surface area contributed by atoms with Gasteiger partial charge in [-0.15, -0.1) is 0 Å². The van der Waals surface area contributed by atoms with Crippen LogP contribution in [0.1, 0.15) is 31.2 Å². The number of piperidine rings is 1. The average Bonchev–Trinajstić information content (AvgIpc) is 3.09. The highest BCUT2D eigenvalue weighted by atomic mass is 16.5. The number of aromatic nitrogens is 2. The van der Waals surface area contributed by atoms with E-state index in [1.807, 2.05) is 35.3 Å². The number of aryl methyl sites for hydroxylation is 1. The van der Waals surface area contributed by atoms with Crippen molar-refractivity contribution >= 4 is 0 Å². The Balaban J connectivity index is 1.66. The van der Waals surface area contributed by atoms with Crippen LogP contribution in [0.4, 0.5) is 0 Å². The number of para-hydroxylation sites is 1. The van der Waals surface area contributed by atoms with Gasteiger partial charge in [0.25, 0.3) is 0 Å². The van der Waals surface area contributed by atoms with E-state index in [-0.39, 0.29) is 5.75 Å². The van der Waals surface area contributed by atoms with Gasteiger partial charge in [-0.1, -0.05) is 18.6 Å². The Morgan fingerprint density at radius 1 is 1.30 bits per heavy atom. The van der Waals surface area contributed by atoms with Crippen LogP contribution in [0.5, 0.6) is 11.5 Å². The summed E-state index contributed by atoms with van der Waals surface area (Å²) in [7, 11) is 1.59. The van der Waals surface area contributed by atoms with Gasteiger partial charge in [-0.25, -0.2) is 0 Å². The number of ether oxygens (including phenoxy) is 1. The zero-order valence-corrected chi connectivity index (χ0v) is 13.7. The van der Waals surface area contributed by atoms with Gasteiger partial charge in [-0.05, 0) is 37.9 Å². The molecule has 0 amide bonds. The van der Waals surface area contributed by atoms with Crippen LogP contribution in [-0.4, -0.2) is 39.5 Å². The molecular formula is C18H25N3O2. The Hall–Kier alpha value is -2.01. The van der Waals surface area contributed by atoms with Crippen molar-refractivity contribution in [2.45, 2.75) is 44.8 Å². The minimum atomic E-state index is 0.270. The first kappa shape index (κ1) is 15.9. The molecule has 3 rings (SSSR count). The summed E-state index contributed by atoms with van der Waals surface area (Å²) < 4.78 is 7.21. The van der Waals surface area contributed by atoms with E-state index in [1.54, 1.807) is 13.2 Å². The van der Waals surface area contributed by atoms with E-state index in [4.69, 9.17) is 4.74 Å². The lowest BCUT2D eigenvalue weighted by Gasteiger charge is -2.36. The SMILES string of the molecule is COc1cccc(CN2CCCC[C@@H]2CCn2cccn2)c1O. The maximum atomic E-state index is 10.3. The summed E-state index contributed by atoms with van der Waals surface area (Å²) in [4.78, 5) is 2.49. The molecule has 1 saturated heterocycles. The zero-order chi connectivity index (χ0) is 16.1. The van der Waals surface area contributed by atoms with E-state index in [9.17, 15) is 5.11 Å². The van der Waals surface area contributed by atoms with E-state index < -0.39 is 0 Å². The van der Waals surface area contributed by atoms with Crippen molar-refractivity contribution < 1.29 is 9.84 Å². The normalized spacial score (nSPS) is 18.9. The fourth-order valence-corrected chi connectivity index (χ4v) is 3.39. The number of methoxy groups -OCH3 is 1. The third-order valence-corrected chi connectivity index (χ3v) is 4.68. The molecule has 0 unspecified atom stereocenters. The highest BCUT2D eigenvalue weighted by Gasteiger charge is 2.23. The Morgan fingerprint density at radius 3 is 3.00 bits per heavy atom. The Labute approximate surface area is 137 Å². The molecule has 2 heterocycles. The van der Waals surface area contributed by atoms with Crippen LogP contribution >= 0.6 is 0 Å². The molecule has 124 valence electrons. The van der Waals surface area contributed by atoms with E-state index in [0.29, 0.717) is 11.8 Å². The quantitative estimate of drug-likeness (QED) is 0.890. The zero-order valence-electron chi connectivity index (χ0n) is 13.7. The monoisotopic (exact) mass is 315 g/mol. The number of phenolic OH excluding ortho intramolecular Hbond substituents is 1. The molecule has 1 atom stereocenters. The first-order valence-electron chi connectivity index (χ1n) is 8.34. The highest BCUT2D eigenvalue weighted by molar-refractivity contribution is 5.45. The maximum Gasteiger partial charge on any atom is 0.162 e. The van der Waals surface area contributed by atoms with Crippen LogP contribution in [0.3, 0.4) is 0 Å². The molecule has 1 fully saturated rings. The van der Waals surface area contributed by atoms with Gasteiger partial charge in [0.1, 0.15) is 0 Å². The first-order valence-corrected chi connectivity index (χ1v) is 8.34. The largest absolute Gasteiger partial charge is 0.504 e. The first-order chi connectivity index (χ1) is 11.3. The summed E-state index contributed by atoms with van der Waals surface area (Å²) in [6.45, 7) is 2.80. The van der Waals surface area contributed by atoms with Gasteiger partial charge in [0.15, 0.2) is 11.5 Å². The molecule has 1 N–H and O–H groups in total. The van der Waals surface area contributed by atoms with Crippen LogP contribution in [0.25, 0.3) is 0 Å². The molecule has 23 heavy (non-hydrogen) atoms. The molecule has 1 aliphatic rings. The molecular weight excluding hydrogens is 290 g/mol. The second-order valence-corrected chi connectivity index (χ2v) is 6.15. The Morgan fingerprint density at radius 2 is 2.22 bits per heavy atom. The summed E-state index contributed by atoms with van der Waals surface area (Å²) in [6.07, 6.45) is 8.65. The number of hydrogen-bond donors (Lipinski definition) is 1. The molecule has 0 spiro atoms. The second-order valence-electron chi connectivity index (χ2n) is 6.15. The summed E-state index contributed by atoms with van der Waals surface area (Å²) >= 11 is 0. The van der Waals surface area contributed by atoms with Gasteiger partial charge in [-0.3, -0.25) is 9.58 Å². The number of benzene rings is 1. The van der Waals surface area contributed by atoms with Crippen LogP contribution in [0.2, 0.25) is 0 Å². The van der Waals surface area contributed by atoms with Gasteiger partial charge >= 0.3 is 0 Å². The number of phenols is 1. The van der Waals surface area contributed by atoms with Gasteiger partial charge < -0.3 is 9.84 Å². The minimum absolute atomic E-state index is 0.270. The standard InChI is InChI=1S/C18H25N3O2/c1-23-17-8-4-6-15(18(17)22)14-20-11-3-2-7-16(20)9-13-21-12-5-10-19-21/h4-6,8,10,12,16,22H,2-3,7,9,11,13-14H2,1H3/t16-/m1/s1. The third-order valence-electron chi connectivity index (χ3n) is 4.68. The lowest BCUT2D eigenvalue weighted by molar-refractivity contribution is 0.126. The van der Waals surface area contributed by atoms with Gasteiger partial charge in [0.05, 0.1) is 7.11 Å². The van der Waals surface area contributed by atoms with Crippen molar-refractivity contribution in [2.75, 3.05) is 13.7 Å². The van der Waals surface area contributed by atoms with Crippen molar-refractivity contribution in [1.82, 2.24) is 14.7 Å². The van der Waals surface area contributed by atoms with Crippen molar-refractivity contribution in [3.8, 4) is 11.5 Å². The molecule has 5 heteroatoms. The van der Waals surface area contributed by atoms with Gasteiger partial charge in [0.2, 0.25) is 0 Å². The molecule has 2 aromatic rings. The second kappa shape index (κ2) is 7.51. The van der Waals surface area contributed by atoms with Gasteiger partial charge in [0, 0.05) is 37.1 Å². The molecule has 0 radical (unpaired) electrons. The maximum absolute atomic E-state index is 10.3. The number of aromatic hydroxyl groups is 1. The lowest BCUT2D eigenvalue weighted by Crippen LogP contribution is -2.39. The number of hydrogen-bond acceptors (Lipinski definition) is 4.